The van der Waals surface area contributed by atoms with Crippen molar-refractivity contribution in [3.63, 3.8) is 0 Å². The first-order chi connectivity index (χ1) is 11.7. The maximum absolute atomic E-state index is 12.0. The molecule has 25 heavy (non-hydrogen) atoms. The van der Waals surface area contributed by atoms with Gasteiger partial charge in [-0.1, -0.05) is 6.07 Å². The molecule has 0 radical (unpaired) electrons. The summed E-state index contributed by atoms with van der Waals surface area (Å²) in [7, 11) is 0. The van der Waals surface area contributed by atoms with Crippen molar-refractivity contribution in [1.29, 1.82) is 0 Å². The second-order valence-corrected chi connectivity index (χ2v) is 6.93. The SMILES string of the molecule is CC(C)(C)OC(=O)N1CCC(OCOc2cccc(C(=O)O)c2)CC1. The summed E-state index contributed by atoms with van der Waals surface area (Å²) in [5.74, 6) is -0.549. The van der Waals surface area contributed by atoms with Gasteiger partial charge >= 0.3 is 12.1 Å². The van der Waals surface area contributed by atoms with Gasteiger partial charge in [-0.2, -0.15) is 0 Å². The highest BCUT2D eigenvalue weighted by molar-refractivity contribution is 5.87. The van der Waals surface area contributed by atoms with E-state index in [2.05, 4.69) is 0 Å². The molecule has 138 valence electrons. The van der Waals surface area contributed by atoms with Gasteiger partial charge in [0, 0.05) is 13.1 Å². The van der Waals surface area contributed by atoms with Crippen LogP contribution in [0.15, 0.2) is 24.3 Å². The molecule has 2 rings (SSSR count). The molecule has 1 N–H and O–H groups in total. The van der Waals surface area contributed by atoms with Crippen LogP contribution in [-0.4, -0.2) is 53.7 Å². The van der Waals surface area contributed by atoms with E-state index in [4.69, 9.17) is 19.3 Å². The van der Waals surface area contributed by atoms with Crippen molar-refractivity contribution < 1.29 is 28.9 Å². The van der Waals surface area contributed by atoms with E-state index in [1.54, 1.807) is 17.0 Å². The molecule has 7 heteroatoms. The third kappa shape index (κ3) is 6.26. The Kier molecular flexibility index (Phi) is 6.25. The summed E-state index contributed by atoms with van der Waals surface area (Å²) in [6.45, 7) is 6.73. The molecule has 1 saturated heterocycles. The summed E-state index contributed by atoms with van der Waals surface area (Å²) in [5.41, 5.74) is -0.328. The van der Waals surface area contributed by atoms with E-state index in [9.17, 15) is 9.59 Å². The van der Waals surface area contributed by atoms with Gasteiger partial charge in [0.15, 0.2) is 6.79 Å². The maximum Gasteiger partial charge on any atom is 0.410 e. The highest BCUT2D eigenvalue weighted by Crippen LogP contribution is 2.18. The number of carbonyl (C=O) groups is 2. The molecule has 1 amide bonds. The Morgan fingerprint density at radius 2 is 1.92 bits per heavy atom. The highest BCUT2D eigenvalue weighted by Gasteiger charge is 2.27. The van der Waals surface area contributed by atoms with Crippen LogP contribution < -0.4 is 4.74 Å². The highest BCUT2D eigenvalue weighted by atomic mass is 16.7. The standard InChI is InChI=1S/C18H25NO6/c1-18(2,3)25-17(22)19-9-7-14(8-10-19)23-12-24-15-6-4-5-13(11-15)16(20)21/h4-6,11,14H,7-10,12H2,1-3H3,(H,20,21). The molecule has 0 bridgehead atoms. The van der Waals surface area contributed by atoms with Crippen molar-refractivity contribution in [1.82, 2.24) is 4.90 Å². The number of piperidine rings is 1. The number of benzene rings is 1. The number of hydrogen-bond acceptors (Lipinski definition) is 5. The van der Waals surface area contributed by atoms with Crippen LogP contribution in [0.5, 0.6) is 5.75 Å². The van der Waals surface area contributed by atoms with Crippen LogP contribution in [0.1, 0.15) is 44.0 Å². The summed E-state index contributed by atoms with van der Waals surface area (Å²) in [5, 5.41) is 8.95. The predicted octanol–water partition coefficient (Wildman–Crippen LogP) is 3.14. The van der Waals surface area contributed by atoms with Gasteiger partial charge in [0.05, 0.1) is 11.7 Å². The van der Waals surface area contributed by atoms with Gasteiger partial charge in [0.1, 0.15) is 11.4 Å². The van der Waals surface area contributed by atoms with E-state index in [1.807, 2.05) is 20.8 Å². The fourth-order valence-corrected chi connectivity index (χ4v) is 2.45. The summed E-state index contributed by atoms with van der Waals surface area (Å²) in [6.07, 6.45) is 1.12. The van der Waals surface area contributed by atoms with Crippen LogP contribution in [0.2, 0.25) is 0 Å². The van der Waals surface area contributed by atoms with Crippen molar-refractivity contribution in [2.24, 2.45) is 0 Å². The molecular formula is C18H25NO6. The zero-order chi connectivity index (χ0) is 18.4. The molecular weight excluding hydrogens is 326 g/mol. The number of carboxylic acid groups (broad SMARTS) is 1. The van der Waals surface area contributed by atoms with Gasteiger partial charge in [-0.15, -0.1) is 0 Å². The molecule has 1 aliphatic heterocycles. The average Bonchev–Trinajstić information content (AvgIpc) is 2.54. The van der Waals surface area contributed by atoms with Crippen LogP contribution in [0.4, 0.5) is 4.79 Å². The van der Waals surface area contributed by atoms with Gasteiger partial charge in [-0.3, -0.25) is 0 Å². The Morgan fingerprint density at radius 1 is 1.24 bits per heavy atom. The molecule has 0 saturated carbocycles. The number of hydrogen-bond donors (Lipinski definition) is 1. The molecule has 1 aliphatic rings. The minimum absolute atomic E-state index is 0.00124. The van der Waals surface area contributed by atoms with E-state index in [-0.39, 0.29) is 24.6 Å². The lowest BCUT2D eigenvalue weighted by Gasteiger charge is -2.33. The molecule has 0 spiro atoms. The average molecular weight is 351 g/mol. The number of carboxylic acids is 1. The molecule has 7 nitrogen and oxygen atoms in total. The first kappa shape index (κ1) is 19.1. The normalized spacial score (nSPS) is 15.7. The maximum atomic E-state index is 12.0. The van der Waals surface area contributed by atoms with Gasteiger partial charge < -0.3 is 24.2 Å². The molecule has 0 atom stereocenters. The second-order valence-electron chi connectivity index (χ2n) is 6.93. The van der Waals surface area contributed by atoms with Crippen LogP contribution in [0.3, 0.4) is 0 Å². The first-order valence-electron chi connectivity index (χ1n) is 8.30. The zero-order valence-corrected chi connectivity index (χ0v) is 14.9. The van der Waals surface area contributed by atoms with Crippen molar-refractivity contribution in [3.05, 3.63) is 29.8 Å². The number of likely N-dealkylation sites (tertiary alicyclic amines) is 1. The van der Waals surface area contributed by atoms with Crippen molar-refractivity contribution in [2.45, 2.75) is 45.3 Å². The number of nitrogens with zero attached hydrogens (tertiary/aromatic N) is 1. The lowest BCUT2D eigenvalue weighted by atomic mass is 10.1. The number of ether oxygens (including phenoxy) is 3. The minimum atomic E-state index is -0.999. The summed E-state index contributed by atoms with van der Waals surface area (Å²) in [6, 6.07) is 6.26. The Morgan fingerprint density at radius 3 is 2.52 bits per heavy atom. The van der Waals surface area contributed by atoms with Gasteiger partial charge in [0.2, 0.25) is 0 Å². The Hall–Kier alpha value is -2.28. The Labute approximate surface area is 147 Å². The van der Waals surface area contributed by atoms with Crippen LogP contribution in [-0.2, 0) is 9.47 Å². The molecule has 0 aromatic heterocycles. The quantitative estimate of drug-likeness (QED) is 0.820. The van der Waals surface area contributed by atoms with E-state index >= 15 is 0 Å². The summed E-state index contributed by atoms with van der Waals surface area (Å²) >= 11 is 0. The molecule has 0 unspecified atom stereocenters. The number of aromatic carboxylic acids is 1. The topological polar surface area (TPSA) is 85.3 Å². The smallest absolute Gasteiger partial charge is 0.410 e. The molecule has 1 aromatic rings. The third-order valence-electron chi connectivity index (χ3n) is 3.70. The van der Waals surface area contributed by atoms with Gasteiger partial charge in [-0.25, -0.2) is 9.59 Å². The number of carbonyl (C=O) groups excluding carboxylic acids is 1. The lowest BCUT2D eigenvalue weighted by Crippen LogP contribution is -2.43. The Balaban J connectivity index is 1.71. The number of rotatable bonds is 5. The molecule has 1 fully saturated rings. The first-order valence-corrected chi connectivity index (χ1v) is 8.30. The van der Waals surface area contributed by atoms with Gasteiger partial charge in [0.25, 0.3) is 0 Å². The third-order valence-corrected chi connectivity index (χ3v) is 3.70. The minimum Gasteiger partial charge on any atom is -0.478 e. The predicted molar refractivity (Wildman–Crippen MR) is 90.8 cm³/mol. The number of amides is 1. The fourth-order valence-electron chi connectivity index (χ4n) is 2.45. The summed E-state index contributed by atoms with van der Waals surface area (Å²) in [4.78, 5) is 24.6. The van der Waals surface area contributed by atoms with Crippen LogP contribution in [0.25, 0.3) is 0 Å². The molecule has 1 aromatic carbocycles. The van der Waals surface area contributed by atoms with E-state index in [0.717, 1.165) is 0 Å². The second kappa shape index (κ2) is 8.20. The Bertz CT molecular complexity index is 602. The lowest BCUT2D eigenvalue weighted by molar-refractivity contribution is -0.0610. The molecule has 0 aliphatic carbocycles. The van der Waals surface area contributed by atoms with E-state index in [1.165, 1.54) is 12.1 Å². The summed E-state index contributed by atoms with van der Waals surface area (Å²) < 4.78 is 16.5. The fraction of sp³-hybridized carbons (Fsp3) is 0.556. The van der Waals surface area contributed by atoms with Crippen molar-refractivity contribution in [3.8, 4) is 5.75 Å². The van der Waals surface area contributed by atoms with E-state index < -0.39 is 11.6 Å². The van der Waals surface area contributed by atoms with Crippen molar-refractivity contribution >= 4 is 12.1 Å². The monoisotopic (exact) mass is 351 g/mol. The van der Waals surface area contributed by atoms with Gasteiger partial charge in [-0.05, 0) is 51.8 Å². The zero-order valence-electron chi connectivity index (χ0n) is 14.9. The van der Waals surface area contributed by atoms with Crippen LogP contribution in [0, 0.1) is 0 Å². The van der Waals surface area contributed by atoms with Crippen molar-refractivity contribution in [2.75, 3.05) is 19.9 Å². The van der Waals surface area contributed by atoms with E-state index in [0.29, 0.717) is 31.7 Å². The molecule has 1 heterocycles. The largest absolute Gasteiger partial charge is 0.478 e. The van der Waals surface area contributed by atoms with Crippen LogP contribution >= 0.6 is 0 Å².